The normalized spacial score (nSPS) is 11.6. The zero-order valence-electron chi connectivity index (χ0n) is 23.1. The maximum atomic E-state index is 5.23. The van der Waals surface area contributed by atoms with Gasteiger partial charge < -0.3 is 10.3 Å². The lowest BCUT2D eigenvalue weighted by molar-refractivity contribution is 1.18. The van der Waals surface area contributed by atoms with Gasteiger partial charge in [-0.05, 0) is 78.2 Å². The molecule has 5 aromatic carbocycles. The van der Waals surface area contributed by atoms with Gasteiger partial charge in [-0.15, -0.1) is 0 Å². The van der Waals surface area contributed by atoms with Crippen LogP contribution >= 0.6 is 0 Å². The van der Waals surface area contributed by atoms with E-state index in [-0.39, 0.29) is 0 Å². The summed E-state index contributed by atoms with van der Waals surface area (Å²) >= 11 is 0. The number of hydrogen-bond acceptors (Lipinski definition) is 3. The average Bonchev–Trinajstić information content (AvgIpc) is 3.63. The molecule has 42 heavy (non-hydrogen) atoms. The lowest BCUT2D eigenvalue weighted by atomic mass is 10.0. The molecule has 9 rings (SSSR count). The van der Waals surface area contributed by atoms with Crippen LogP contribution in [-0.4, -0.2) is 26.0 Å². The van der Waals surface area contributed by atoms with Crippen molar-refractivity contribution >= 4 is 60.2 Å². The van der Waals surface area contributed by atoms with Crippen LogP contribution in [0.25, 0.3) is 77.0 Å². The predicted octanol–water partition coefficient (Wildman–Crippen LogP) is 8.53. The van der Waals surface area contributed by atoms with E-state index in [2.05, 4.69) is 141 Å². The number of nitrogens with two attached hydrogens (primary N) is 1. The largest absolute Gasteiger partial charge is 0.333 e. The number of fused-ring (bicyclic) bond motifs is 12. The fourth-order valence-electron chi connectivity index (χ4n) is 6.50. The summed E-state index contributed by atoms with van der Waals surface area (Å²) in [5, 5.41) is 6.09. The molecule has 200 valence electrons. The molecule has 2 N–H and O–H groups in total. The molecule has 4 heterocycles. The Labute approximate surface area is 242 Å². The minimum absolute atomic E-state index is 0.994. The van der Waals surface area contributed by atoms with Crippen molar-refractivity contribution in [3.63, 3.8) is 0 Å². The highest BCUT2D eigenvalue weighted by molar-refractivity contribution is 6.29. The monoisotopic (exact) mass is 541 g/mol. The molecule has 0 fully saturated rings. The van der Waals surface area contributed by atoms with Gasteiger partial charge in [-0.25, -0.2) is 4.98 Å². The highest BCUT2D eigenvalue weighted by atomic mass is 15.0. The van der Waals surface area contributed by atoms with Gasteiger partial charge in [-0.2, -0.15) is 0 Å². The molecule has 0 saturated heterocycles. The van der Waals surface area contributed by atoms with E-state index in [1.165, 1.54) is 56.1 Å². The van der Waals surface area contributed by atoms with Gasteiger partial charge in [0.2, 0.25) is 0 Å². The Balaban J connectivity index is 0.00000131. The molecule has 0 unspecified atom stereocenters. The van der Waals surface area contributed by atoms with E-state index in [4.69, 9.17) is 4.98 Å². The van der Waals surface area contributed by atoms with E-state index < -0.39 is 0 Å². The van der Waals surface area contributed by atoms with Crippen LogP contribution in [-0.2, 0) is 0 Å². The van der Waals surface area contributed by atoms with E-state index in [1.807, 2.05) is 12.4 Å². The molecule has 0 aliphatic carbocycles. The summed E-state index contributed by atoms with van der Waals surface area (Å²) in [5.41, 5.74) is 14.6. The standard InChI is InChI=1S/C36H22N4.CH5N/c1-4-13-30-26(10-1)27-16-17-33-34(35(27)36-38-29-12-3-6-15-32(29)40(30)36)28-11-2-5-14-31(28)39(33)25-9-7-8-24(22-25)23-18-20-37-21-19-23;1-2/h1-22H;2H2,1H3. The fourth-order valence-corrected chi connectivity index (χ4v) is 6.50. The highest BCUT2D eigenvalue weighted by Crippen LogP contribution is 2.42. The molecule has 0 saturated carbocycles. The van der Waals surface area contributed by atoms with Crippen molar-refractivity contribution in [1.29, 1.82) is 0 Å². The maximum Gasteiger partial charge on any atom is 0.147 e. The Morgan fingerprint density at radius 3 is 2.07 bits per heavy atom. The number of pyridine rings is 2. The maximum absolute atomic E-state index is 5.23. The van der Waals surface area contributed by atoms with Gasteiger partial charge in [0.15, 0.2) is 0 Å². The van der Waals surface area contributed by atoms with Gasteiger partial charge in [0.25, 0.3) is 0 Å². The van der Waals surface area contributed by atoms with Crippen LogP contribution in [0.1, 0.15) is 0 Å². The molecule has 0 bridgehead atoms. The first-order valence-electron chi connectivity index (χ1n) is 14.1. The number of imidazole rings is 1. The average molecular weight is 542 g/mol. The summed E-state index contributed by atoms with van der Waals surface area (Å²) in [6.45, 7) is 0. The highest BCUT2D eigenvalue weighted by Gasteiger charge is 2.20. The number of aromatic nitrogens is 4. The molecule has 0 aliphatic heterocycles. The SMILES string of the molecule is CN.c1cc(-c2ccncc2)cc(-n2c3ccccc3c3c4c(ccc32)c2ccccc2n2c3ccccc3nc42)c1. The van der Waals surface area contributed by atoms with Gasteiger partial charge in [-0.1, -0.05) is 66.7 Å². The first-order chi connectivity index (χ1) is 20.9. The summed E-state index contributed by atoms with van der Waals surface area (Å²) < 4.78 is 4.73. The molecular weight excluding hydrogens is 514 g/mol. The number of nitrogens with zero attached hydrogens (tertiary/aromatic N) is 4. The molecule has 5 nitrogen and oxygen atoms in total. The lowest BCUT2D eigenvalue weighted by Crippen LogP contribution is -1.95. The third kappa shape index (κ3) is 3.41. The summed E-state index contributed by atoms with van der Waals surface area (Å²) in [5.74, 6) is 0. The van der Waals surface area contributed by atoms with Crippen molar-refractivity contribution in [3.05, 3.63) is 134 Å². The van der Waals surface area contributed by atoms with Crippen LogP contribution < -0.4 is 5.73 Å². The van der Waals surface area contributed by atoms with Crippen LogP contribution in [0, 0.1) is 0 Å². The second-order valence-corrected chi connectivity index (χ2v) is 10.3. The Morgan fingerprint density at radius 2 is 1.24 bits per heavy atom. The Morgan fingerprint density at radius 1 is 0.524 bits per heavy atom. The quantitative estimate of drug-likeness (QED) is 0.223. The van der Waals surface area contributed by atoms with Crippen LogP contribution in [0.15, 0.2) is 134 Å². The van der Waals surface area contributed by atoms with E-state index in [0.29, 0.717) is 0 Å². The summed E-state index contributed by atoms with van der Waals surface area (Å²) in [4.78, 5) is 9.44. The number of hydrogen-bond donors (Lipinski definition) is 1. The fraction of sp³-hybridized carbons (Fsp3) is 0.0270. The van der Waals surface area contributed by atoms with Gasteiger partial charge in [0, 0.05) is 39.6 Å². The minimum atomic E-state index is 0.994. The van der Waals surface area contributed by atoms with Crippen molar-refractivity contribution in [1.82, 2.24) is 18.9 Å². The van der Waals surface area contributed by atoms with Gasteiger partial charge in [0.05, 0.1) is 27.6 Å². The molecule has 4 aromatic heterocycles. The zero-order chi connectivity index (χ0) is 28.2. The molecule has 9 aromatic rings. The first kappa shape index (κ1) is 24.3. The number of benzene rings is 5. The smallest absolute Gasteiger partial charge is 0.147 e. The zero-order valence-corrected chi connectivity index (χ0v) is 23.1. The second kappa shape index (κ2) is 9.54. The molecule has 0 amide bonds. The van der Waals surface area contributed by atoms with E-state index in [9.17, 15) is 0 Å². The van der Waals surface area contributed by atoms with Gasteiger partial charge in [0.1, 0.15) is 5.65 Å². The first-order valence-corrected chi connectivity index (χ1v) is 14.1. The lowest BCUT2D eigenvalue weighted by Gasteiger charge is -2.12. The van der Waals surface area contributed by atoms with Gasteiger partial charge >= 0.3 is 0 Å². The summed E-state index contributed by atoms with van der Waals surface area (Å²) in [7, 11) is 1.50. The van der Waals surface area contributed by atoms with Crippen molar-refractivity contribution in [2.75, 3.05) is 7.05 Å². The summed E-state index contributed by atoms with van der Waals surface area (Å²) in [6, 6.07) is 43.3. The Bertz CT molecular complexity index is 2430. The van der Waals surface area contributed by atoms with E-state index in [1.54, 1.807) is 0 Å². The predicted molar refractivity (Wildman–Crippen MR) is 175 cm³/mol. The number of rotatable bonds is 2. The van der Waals surface area contributed by atoms with Gasteiger partial charge in [-0.3, -0.25) is 9.38 Å². The third-order valence-electron chi connectivity index (χ3n) is 8.18. The Hall–Kier alpha value is -5.52. The van der Waals surface area contributed by atoms with Crippen LogP contribution in [0.5, 0.6) is 0 Å². The summed E-state index contributed by atoms with van der Waals surface area (Å²) in [6.07, 6.45) is 3.69. The van der Waals surface area contributed by atoms with Crippen molar-refractivity contribution in [2.45, 2.75) is 0 Å². The minimum Gasteiger partial charge on any atom is -0.333 e. The molecule has 0 atom stereocenters. The molecule has 5 heteroatoms. The van der Waals surface area contributed by atoms with E-state index in [0.717, 1.165) is 27.9 Å². The third-order valence-corrected chi connectivity index (χ3v) is 8.18. The van der Waals surface area contributed by atoms with Crippen LogP contribution in [0.4, 0.5) is 0 Å². The molecular formula is C37H27N5. The van der Waals surface area contributed by atoms with E-state index >= 15 is 0 Å². The topological polar surface area (TPSA) is 61.1 Å². The molecule has 0 aliphatic rings. The van der Waals surface area contributed by atoms with Crippen molar-refractivity contribution in [2.24, 2.45) is 5.73 Å². The van der Waals surface area contributed by atoms with Crippen molar-refractivity contribution < 1.29 is 0 Å². The Kier molecular flexibility index (Phi) is 5.52. The molecule has 0 spiro atoms. The van der Waals surface area contributed by atoms with Crippen LogP contribution in [0.3, 0.4) is 0 Å². The molecule has 0 radical (unpaired) electrons. The van der Waals surface area contributed by atoms with Crippen molar-refractivity contribution in [3.8, 4) is 16.8 Å². The van der Waals surface area contributed by atoms with Crippen LogP contribution in [0.2, 0.25) is 0 Å². The second-order valence-electron chi connectivity index (χ2n) is 10.3. The number of para-hydroxylation sites is 4.